The van der Waals surface area contributed by atoms with Gasteiger partial charge in [-0.05, 0) is 55.5 Å². The van der Waals surface area contributed by atoms with E-state index >= 15 is 0 Å². The molecule has 0 spiro atoms. The summed E-state index contributed by atoms with van der Waals surface area (Å²) in [6, 6.07) is 14.9. The molecule has 0 radical (unpaired) electrons. The number of carbonyl (C=O) groups is 2. The van der Waals surface area contributed by atoms with Crippen molar-refractivity contribution in [3.8, 4) is 0 Å². The quantitative estimate of drug-likeness (QED) is 0.618. The fourth-order valence-corrected chi connectivity index (χ4v) is 2.37. The molecule has 0 aliphatic rings. The molecule has 28 heavy (non-hydrogen) atoms. The Bertz CT molecular complexity index is 779. The van der Waals surface area contributed by atoms with Crippen LogP contribution in [-0.4, -0.2) is 17.0 Å². The van der Waals surface area contributed by atoms with E-state index in [1.54, 1.807) is 12.1 Å². The van der Waals surface area contributed by atoms with E-state index in [4.69, 9.17) is 5.11 Å². The average molecular weight is 384 g/mol. The Morgan fingerprint density at radius 2 is 1.68 bits per heavy atom. The van der Waals surface area contributed by atoms with Gasteiger partial charge >= 0.3 is 5.97 Å². The summed E-state index contributed by atoms with van der Waals surface area (Å²) in [5.74, 6) is -0.338. The van der Waals surface area contributed by atoms with Gasteiger partial charge in [-0.1, -0.05) is 64.4 Å². The third-order valence-corrected chi connectivity index (χ3v) is 5.11. The lowest BCUT2D eigenvalue weighted by Crippen LogP contribution is -2.29. The molecular weight excluding hydrogens is 350 g/mol. The standard InChI is InChI=1S/C13H17NO3.C11H16/c1-4-13(2,3)12(17)14-10-7-5-9(6-8-10)11(15)16;1-4-10(3)11-7-5-6-9(2)8-11/h5-8H,4H2,1-3H3,(H,14,17)(H,15,16);5-8,10H,4H2,1-3H3. The molecule has 4 nitrogen and oxygen atoms in total. The second-order valence-electron chi connectivity index (χ2n) is 7.80. The predicted molar refractivity (Wildman–Crippen MR) is 116 cm³/mol. The largest absolute Gasteiger partial charge is 0.478 e. The fraction of sp³-hybridized carbons (Fsp3) is 0.417. The van der Waals surface area contributed by atoms with Crippen LogP contribution < -0.4 is 5.32 Å². The summed E-state index contributed by atoms with van der Waals surface area (Å²) >= 11 is 0. The molecular formula is C24H33NO3. The van der Waals surface area contributed by atoms with Crippen molar-refractivity contribution in [3.05, 3.63) is 65.2 Å². The van der Waals surface area contributed by atoms with Gasteiger partial charge in [0.2, 0.25) is 5.91 Å². The first-order chi connectivity index (χ1) is 13.1. The highest BCUT2D eigenvalue weighted by atomic mass is 16.4. The Hall–Kier alpha value is -2.62. The maximum absolute atomic E-state index is 11.9. The molecule has 152 valence electrons. The molecule has 0 saturated heterocycles. The molecule has 2 rings (SSSR count). The van der Waals surface area contributed by atoms with Crippen molar-refractivity contribution in [3.63, 3.8) is 0 Å². The molecule has 1 unspecified atom stereocenters. The normalized spacial score (nSPS) is 11.8. The molecule has 4 heteroatoms. The summed E-state index contributed by atoms with van der Waals surface area (Å²) in [5, 5.41) is 11.5. The smallest absolute Gasteiger partial charge is 0.335 e. The minimum atomic E-state index is -0.975. The van der Waals surface area contributed by atoms with E-state index in [9.17, 15) is 9.59 Å². The van der Waals surface area contributed by atoms with Crippen LogP contribution in [0.15, 0.2) is 48.5 Å². The predicted octanol–water partition coefficient (Wildman–Crippen LogP) is 6.27. The van der Waals surface area contributed by atoms with Gasteiger partial charge in [0.25, 0.3) is 0 Å². The lowest BCUT2D eigenvalue weighted by Gasteiger charge is -2.21. The molecule has 0 bridgehead atoms. The van der Waals surface area contributed by atoms with Gasteiger partial charge in [0.1, 0.15) is 0 Å². The number of carboxylic acids is 1. The first-order valence-corrected chi connectivity index (χ1v) is 9.82. The zero-order valence-electron chi connectivity index (χ0n) is 17.9. The molecule has 1 atom stereocenters. The van der Waals surface area contributed by atoms with Crippen LogP contribution in [0.2, 0.25) is 0 Å². The first kappa shape index (κ1) is 23.4. The first-order valence-electron chi connectivity index (χ1n) is 9.82. The highest BCUT2D eigenvalue weighted by Gasteiger charge is 2.25. The van der Waals surface area contributed by atoms with Crippen molar-refractivity contribution in [2.45, 2.75) is 60.3 Å². The minimum Gasteiger partial charge on any atom is -0.478 e. The lowest BCUT2D eigenvalue weighted by atomic mass is 9.89. The maximum Gasteiger partial charge on any atom is 0.335 e. The number of aromatic carboxylic acids is 1. The van der Waals surface area contributed by atoms with E-state index in [0.717, 1.165) is 6.42 Å². The molecule has 2 aromatic rings. The number of anilines is 1. The van der Waals surface area contributed by atoms with Crippen LogP contribution in [0.3, 0.4) is 0 Å². The minimum absolute atomic E-state index is 0.0666. The summed E-state index contributed by atoms with van der Waals surface area (Å²) in [5.41, 5.74) is 3.22. The Kier molecular flexibility index (Phi) is 8.90. The van der Waals surface area contributed by atoms with Crippen LogP contribution in [0.4, 0.5) is 5.69 Å². The van der Waals surface area contributed by atoms with Crippen LogP contribution in [0.5, 0.6) is 0 Å². The number of rotatable bonds is 6. The van der Waals surface area contributed by atoms with E-state index in [-0.39, 0.29) is 11.5 Å². The van der Waals surface area contributed by atoms with Crippen molar-refractivity contribution in [2.75, 3.05) is 5.32 Å². The maximum atomic E-state index is 11.9. The van der Waals surface area contributed by atoms with Gasteiger partial charge in [-0.3, -0.25) is 4.79 Å². The van der Waals surface area contributed by atoms with Crippen molar-refractivity contribution in [1.82, 2.24) is 0 Å². The summed E-state index contributed by atoms with van der Waals surface area (Å²) in [7, 11) is 0. The molecule has 0 heterocycles. The number of benzene rings is 2. The molecule has 2 aromatic carbocycles. The van der Waals surface area contributed by atoms with E-state index in [1.807, 2.05) is 20.8 Å². The van der Waals surface area contributed by atoms with Gasteiger partial charge in [0, 0.05) is 11.1 Å². The number of carbonyl (C=O) groups excluding carboxylic acids is 1. The topological polar surface area (TPSA) is 66.4 Å². The van der Waals surface area contributed by atoms with Gasteiger partial charge in [0.05, 0.1) is 5.56 Å². The van der Waals surface area contributed by atoms with Crippen LogP contribution in [0.1, 0.15) is 74.9 Å². The number of amides is 1. The molecule has 0 saturated carbocycles. The average Bonchev–Trinajstić information content (AvgIpc) is 2.68. The number of hydrogen-bond acceptors (Lipinski definition) is 2. The number of carboxylic acid groups (broad SMARTS) is 1. The number of nitrogens with one attached hydrogen (secondary N) is 1. The second-order valence-corrected chi connectivity index (χ2v) is 7.80. The zero-order valence-corrected chi connectivity index (χ0v) is 17.9. The Labute approximate surface area is 169 Å². The molecule has 0 fully saturated rings. The van der Waals surface area contributed by atoms with E-state index < -0.39 is 11.4 Å². The van der Waals surface area contributed by atoms with E-state index in [0.29, 0.717) is 11.6 Å². The highest BCUT2D eigenvalue weighted by Crippen LogP contribution is 2.22. The van der Waals surface area contributed by atoms with Crippen molar-refractivity contribution >= 4 is 17.6 Å². The highest BCUT2D eigenvalue weighted by molar-refractivity contribution is 5.95. The Morgan fingerprint density at radius 1 is 1.07 bits per heavy atom. The molecule has 0 aliphatic heterocycles. The SMILES string of the molecule is CCC(C)(C)C(=O)Nc1ccc(C(=O)O)cc1.CCC(C)c1cccc(C)c1. The molecule has 0 aliphatic carbocycles. The van der Waals surface area contributed by atoms with Gasteiger partial charge in [0.15, 0.2) is 0 Å². The van der Waals surface area contributed by atoms with Crippen molar-refractivity contribution in [2.24, 2.45) is 5.41 Å². The van der Waals surface area contributed by atoms with Crippen LogP contribution in [0.25, 0.3) is 0 Å². The lowest BCUT2D eigenvalue weighted by molar-refractivity contribution is -0.124. The second kappa shape index (κ2) is 10.6. The van der Waals surface area contributed by atoms with E-state index in [2.05, 4.69) is 50.4 Å². The van der Waals surface area contributed by atoms with Gasteiger partial charge < -0.3 is 10.4 Å². The number of aryl methyl sites for hydroxylation is 1. The van der Waals surface area contributed by atoms with Gasteiger partial charge in [-0.2, -0.15) is 0 Å². The van der Waals surface area contributed by atoms with Gasteiger partial charge in [-0.25, -0.2) is 4.79 Å². The summed E-state index contributed by atoms with van der Waals surface area (Å²) in [4.78, 5) is 22.5. The van der Waals surface area contributed by atoms with E-state index in [1.165, 1.54) is 29.7 Å². The monoisotopic (exact) mass is 383 g/mol. The molecule has 1 amide bonds. The summed E-state index contributed by atoms with van der Waals surface area (Å²) < 4.78 is 0. The van der Waals surface area contributed by atoms with Crippen LogP contribution >= 0.6 is 0 Å². The fourth-order valence-electron chi connectivity index (χ4n) is 2.37. The zero-order chi connectivity index (χ0) is 21.3. The third-order valence-electron chi connectivity index (χ3n) is 5.11. The van der Waals surface area contributed by atoms with Crippen molar-refractivity contribution < 1.29 is 14.7 Å². The molecule has 2 N–H and O–H groups in total. The summed E-state index contributed by atoms with van der Waals surface area (Å²) in [6.45, 7) is 12.3. The summed E-state index contributed by atoms with van der Waals surface area (Å²) in [6.07, 6.45) is 1.97. The van der Waals surface area contributed by atoms with Crippen LogP contribution in [-0.2, 0) is 4.79 Å². The van der Waals surface area contributed by atoms with Gasteiger partial charge in [-0.15, -0.1) is 0 Å². The number of hydrogen-bond donors (Lipinski definition) is 2. The van der Waals surface area contributed by atoms with Crippen LogP contribution in [0, 0.1) is 12.3 Å². The van der Waals surface area contributed by atoms with Crippen molar-refractivity contribution in [1.29, 1.82) is 0 Å². The molecule has 0 aromatic heterocycles. The third kappa shape index (κ3) is 7.18. The Morgan fingerprint density at radius 3 is 2.14 bits per heavy atom. The Balaban J connectivity index is 0.000000307.